The van der Waals surface area contributed by atoms with Crippen LogP contribution in [0.4, 0.5) is 24.5 Å². The van der Waals surface area contributed by atoms with Crippen molar-refractivity contribution < 1.29 is 31.1 Å². The normalized spacial score (nSPS) is 12.2. The van der Waals surface area contributed by atoms with E-state index in [4.69, 9.17) is 4.74 Å². The predicted molar refractivity (Wildman–Crippen MR) is 118 cm³/mol. The first-order chi connectivity index (χ1) is 15.4. The molecule has 11 heteroatoms. The number of nitrogens with zero attached hydrogens (tertiary/aromatic N) is 1. The van der Waals surface area contributed by atoms with Crippen LogP contribution >= 0.6 is 0 Å². The standard InChI is InChI=1S/C22H22F3N3O4S/c1-4-32-21(29)18-12-26-19-11-14(22(23,24)25)5-10-17(19)20(18)27-15-6-8-16(9-7-15)33(30,31)28-13(2)3/h5-13,28H,4H2,1-3H3,(H,26,27). The van der Waals surface area contributed by atoms with Crippen molar-refractivity contribution in [1.82, 2.24) is 9.71 Å². The summed E-state index contributed by atoms with van der Waals surface area (Å²) in [4.78, 5) is 16.5. The Morgan fingerprint density at radius 3 is 2.36 bits per heavy atom. The topological polar surface area (TPSA) is 97.4 Å². The zero-order valence-corrected chi connectivity index (χ0v) is 18.8. The molecule has 0 radical (unpaired) electrons. The van der Waals surface area contributed by atoms with Gasteiger partial charge in [0.25, 0.3) is 0 Å². The van der Waals surface area contributed by atoms with Crippen LogP contribution in [-0.2, 0) is 20.9 Å². The molecule has 0 fully saturated rings. The van der Waals surface area contributed by atoms with E-state index in [0.717, 1.165) is 18.3 Å². The number of carbonyl (C=O) groups excluding carboxylic acids is 1. The van der Waals surface area contributed by atoms with Gasteiger partial charge >= 0.3 is 12.1 Å². The molecule has 1 aromatic heterocycles. The molecular weight excluding hydrogens is 459 g/mol. The number of pyridine rings is 1. The molecule has 0 unspecified atom stereocenters. The Morgan fingerprint density at radius 1 is 1.12 bits per heavy atom. The summed E-state index contributed by atoms with van der Waals surface area (Å²) in [7, 11) is -3.70. The van der Waals surface area contributed by atoms with Crippen LogP contribution in [0.25, 0.3) is 10.9 Å². The number of esters is 1. The molecule has 0 atom stereocenters. The number of anilines is 2. The van der Waals surface area contributed by atoms with Gasteiger partial charge in [0.15, 0.2) is 0 Å². The minimum absolute atomic E-state index is 0.0284. The maximum atomic E-state index is 13.1. The fraction of sp³-hybridized carbons (Fsp3) is 0.273. The second-order valence-corrected chi connectivity index (χ2v) is 9.14. The maximum absolute atomic E-state index is 13.1. The monoisotopic (exact) mass is 481 g/mol. The summed E-state index contributed by atoms with van der Waals surface area (Å²) in [5.41, 5.74) is -0.202. The second-order valence-electron chi connectivity index (χ2n) is 7.42. The zero-order chi connectivity index (χ0) is 24.4. The third-order valence-electron chi connectivity index (χ3n) is 4.52. The molecule has 2 aromatic carbocycles. The number of halogens is 3. The first-order valence-corrected chi connectivity index (χ1v) is 11.5. The molecule has 0 aliphatic rings. The Bertz CT molecular complexity index is 1270. The Balaban J connectivity index is 2.06. The summed E-state index contributed by atoms with van der Waals surface area (Å²) < 4.78 is 71.5. The van der Waals surface area contributed by atoms with Crippen molar-refractivity contribution in [2.24, 2.45) is 0 Å². The lowest BCUT2D eigenvalue weighted by molar-refractivity contribution is -0.137. The van der Waals surface area contributed by atoms with E-state index in [-0.39, 0.29) is 39.7 Å². The zero-order valence-electron chi connectivity index (χ0n) is 18.0. The van der Waals surface area contributed by atoms with E-state index >= 15 is 0 Å². The molecule has 0 bridgehead atoms. The third-order valence-corrected chi connectivity index (χ3v) is 6.19. The number of benzene rings is 2. The van der Waals surface area contributed by atoms with Crippen molar-refractivity contribution in [3.05, 3.63) is 59.8 Å². The molecule has 7 nitrogen and oxygen atoms in total. The van der Waals surface area contributed by atoms with Gasteiger partial charge in [-0.3, -0.25) is 4.98 Å². The molecule has 3 aromatic rings. The van der Waals surface area contributed by atoms with Gasteiger partial charge < -0.3 is 10.1 Å². The number of rotatable bonds is 7. The highest BCUT2D eigenvalue weighted by atomic mass is 32.2. The van der Waals surface area contributed by atoms with Gasteiger partial charge in [0.1, 0.15) is 5.56 Å². The van der Waals surface area contributed by atoms with Gasteiger partial charge in [-0.15, -0.1) is 0 Å². The van der Waals surface area contributed by atoms with E-state index in [9.17, 15) is 26.4 Å². The molecule has 33 heavy (non-hydrogen) atoms. The van der Waals surface area contributed by atoms with Crippen LogP contribution in [0, 0.1) is 0 Å². The van der Waals surface area contributed by atoms with Crippen LogP contribution in [0.15, 0.2) is 53.6 Å². The number of hydrogen-bond donors (Lipinski definition) is 2. The maximum Gasteiger partial charge on any atom is 0.416 e. The van der Waals surface area contributed by atoms with Gasteiger partial charge in [-0.2, -0.15) is 13.2 Å². The average Bonchev–Trinajstić information content (AvgIpc) is 2.72. The molecule has 1 heterocycles. The lowest BCUT2D eigenvalue weighted by Gasteiger charge is -2.16. The van der Waals surface area contributed by atoms with Crippen LogP contribution in [0.5, 0.6) is 0 Å². The van der Waals surface area contributed by atoms with E-state index in [1.807, 2.05) is 0 Å². The molecule has 0 saturated carbocycles. The molecule has 176 valence electrons. The Morgan fingerprint density at radius 2 is 1.79 bits per heavy atom. The molecule has 0 aliphatic carbocycles. The Hall–Kier alpha value is -3.18. The van der Waals surface area contributed by atoms with Crippen LogP contribution in [0.3, 0.4) is 0 Å². The molecule has 0 spiro atoms. The number of nitrogens with one attached hydrogen (secondary N) is 2. The van der Waals surface area contributed by atoms with Gasteiger partial charge in [0.2, 0.25) is 10.0 Å². The number of ether oxygens (including phenoxy) is 1. The van der Waals surface area contributed by atoms with Crippen molar-refractivity contribution in [2.75, 3.05) is 11.9 Å². The second kappa shape index (κ2) is 9.36. The highest BCUT2D eigenvalue weighted by molar-refractivity contribution is 7.89. The van der Waals surface area contributed by atoms with Crippen molar-refractivity contribution in [1.29, 1.82) is 0 Å². The fourth-order valence-electron chi connectivity index (χ4n) is 3.11. The van der Waals surface area contributed by atoms with Crippen molar-refractivity contribution in [2.45, 2.75) is 37.9 Å². The van der Waals surface area contributed by atoms with Crippen LogP contribution in [0.1, 0.15) is 36.7 Å². The SMILES string of the molecule is CCOC(=O)c1cnc2cc(C(F)(F)F)ccc2c1Nc1ccc(S(=O)(=O)NC(C)C)cc1. The number of sulfonamides is 1. The minimum atomic E-state index is -4.55. The lowest BCUT2D eigenvalue weighted by Crippen LogP contribution is -2.30. The van der Waals surface area contributed by atoms with Gasteiger partial charge in [0.05, 0.1) is 28.3 Å². The van der Waals surface area contributed by atoms with Crippen LogP contribution in [-0.4, -0.2) is 32.0 Å². The third kappa shape index (κ3) is 5.60. The number of aromatic nitrogens is 1. The molecule has 0 saturated heterocycles. The molecule has 0 amide bonds. The van der Waals surface area contributed by atoms with Crippen LogP contribution < -0.4 is 10.0 Å². The van der Waals surface area contributed by atoms with E-state index in [0.29, 0.717) is 5.69 Å². The minimum Gasteiger partial charge on any atom is -0.462 e. The van der Waals surface area contributed by atoms with Gasteiger partial charge in [-0.05, 0) is 57.2 Å². The van der Waals surface area contributed by atoms with Gasteiger partial charge in [0, 0.05) is 23.3 Å². The van der Waals surface area contributed by atoms with E-state index in [2.05, 4.69) is 15.0 Å². The van der Waals surface area contributed by atoms with Gasteiger partial charge in [-0.25, -0.2) is 17.9 Å². The molecule has 2 N–H and O–H groups in total. The number of carbonyl (C=O) groups is 1. The van der Waals surface area contributed by atoms with E-state index in [1.165, 1.54) is 30.3 Å². The summed E-state index contributed by atoms with van der Waals surface area (Å²) in [6.07, 6.45) is -3.40. The number of fused-ring (bicyclic) bond motifs is 1. The summed E-state index contributed by atoms with van der Waals surface area (Å²) in [5, 5.41) is 3.27. The first-order valence-electron chi connectivity index (χ1n) is 9.99. The smallest absolute Gasteiger partial charge is 0.416 e. The molecule has 0 aliphatic heterocycles. The Kier molecular flexibility index (Phi) is 6.94. The quantitative estimate of drug-likeness (QED) is 0.468. The van der Waals surface area contributed by atoms with E-state index < -0.39 is 27.7 Å². The number of hydrogen-bond acceptors (Lipinski definition) is 6. The summed E-state index contributed by atoms with van der Waals surface area (Å²) in [5.74, 6) is -0.699. The Labute approximate surface area is 189 Å². The van der Waals surface area contributed by atoms with Crippen molar-refractivity contribution >= 4 is 38.3 Å². The largest absolute Gasteiger partial charge is 0.462 e. The average molecular weight is 481 g/mol. The van der Waals surface area contributed by atoms with Crippen molar-refractivity contribution in [3.63, 3.8) is 0 Å². The number of alkyl halides is 3. The van der Waals surface area contributed by atoms with Crippen LogP contribution in [0.2, 0.25) is 0 Å². The summed E-state index contributed by atoms with van der Waals surface area (Å²) >= 11 is 0. The predicted octanol–water partition coefficient (Wildman–Crippen LogP) is 4.86. The summed E-state index contributed by atoms with van der Waals surface area (Å²) in [6, 6.07) is 8.46. The highest BCUT2D eigenvalue weighted by Crippen LogP contribution is 2.35. The first kappa shape index (κ1) is 24.5. The highest BCUT2D eigenvalue weighted by Gasteiger charge is 2.31. The van der Waals surface area contributed by atoms with E-state index in [1.54, 1.807) is 20.8 Å². The lowest BCUT2D eigenvalue weighted by atomic mass is 10.1. The fourth-order valence-corrected chi connectivity index (χ4v) is 4.36. The van der Waals surface area contributed by atoms with Crippen molar-refractivity contribution in [3.8, 4) is 0 Å². The summed E-state index contributed by atoms with van der Waals surface area (Å²) in [6.45, 7) is 5.12. The molecule has 3 rings (SSSR count). The molecular formula is C22H22F3N3O4S. The van der Waals surface area contributed by atoms with Gasteiger partial charge in [-0.1, -0.05) is 6.07 Å².